The number of carbonyl (C=O) groups is 7. The van der Waals surface area contributed by atoms with Crippen LogP contribution in [0.25, 0.3) is 0 Å². The zero-order valence-electron chi connectivity index (χ0n) is 37.4. The first-order valence-corrected chi connectivity index (χ1v) is 22.2. The number of benzene rings is 1. The van der Waals surface area contributed by atoms with Gasteiger partial charge in [0.15, 0.2) is 17.3 Å². The van der Waals surface area contributed by atoms with Gasteiger partial charge in [0.25, 0.3) is 0 Å². The Kier molecular flexibility index (Phi) is 22.0. The summed E-state index contributed by atoms with van der Waals surface area (Å²) < 4.78 is 5.64. The van der Waals surface area contributed by atoms with Crippen LogP contribution in [0.1, 0.15) is 163 Å². The number of amides is 3. The number of ether oxygens (including phenoxy) is 1. The maximum absolute atomic E-state index is 13.8. The molecule has 1 aliphatic carbocycles. The van der Waals surface area contributed by atoms with E-state index < -0.39 is 28.8 Å². The van der Waals surface area contributed by atoms with Gasteiger partial charge < -0.3 is 21.1 Å². The summed E-state index contributed by atoms with van der Waals surface area (Å²) in [5, 5.41) is 5.57. The summed E-state index contributed by atoms with van der Waals surface area (Å²) in [7, 11) is 0. The van der Waals surface area contributed by atoms with Gasteiger partial charge in [0.1, 0.15) is 12.4 Å². The van der Waals surface area contributed by atoms with Gasteiger partial charge in [-0.25, -0.2) is 4.79 Å². The second-order valence-electron chi connectivity index (χ2n) is 18.4. The monoisotopic (exact) mass is 822 g/mol. The molecule has 330 valence electrons. The number of aryl methyl sites for hydroxylation is 1. The fourth-order valence-corrected chi connectivity index (χ4v) is 8.53. The van der Waals surface area contributed by atoms with Crippen LogP contribution < -0.4 is 16.4 Å². The lowest BCUT2D eigenvalue weighted by atomic mass is 9.64. The smallest absolute Gasteiger partial charge is 0.312 e. The summed E-state index contributed by atoms with van der Waals surface area (Å²) in [6.07, 6.45) is 12.2. The lowest BCUT2D eigenvalue weighted by Crippen LogP contribution is -2.45. The zero-order valence-corrected chi connectivity index (χ0v) is 37.4. The summed E-state index contributed by atoms with van der Waals surface area (Å²) in [4.78, 5) is 89.7. The Labute approximate surface area is 354 Å². The molecule has 0 aromatic heterocycles. The number of rotatable bonds is 28. The van der Waals surface area contributed by atoms with Gasteiger partial charge in [-0.15, -0.1) is 0 Å². The second kappa shape index (κ2) is 25.5. The van der Waals surface area contributed by atoms with Crippen molar-refractivity contribution in [2.24, 2.45) is 40.2 Å². The molecule has 1 aliphatic rings. The third-order valence-electron chi connectivity index (χ3n) is 12.0. The van der Waals surface area contributed by atoms with E-state index in [1.165, 1.54) is 12.2 Å². The van der Waals surface area contributed by atoms with Crippen LogP contribution in [0.5, 0.6) is 0 Å². The first kappa shape index (κ1) is 51.0. The average Bonchev–Trinajstić information content (AvgIpc) is 3.34. The minimum Gasteiger partial charge on any atom is -0.461 e. The van der Waals surface area contributed by atoms with Crippen LogP contribution in [0.4, 0.5) is 4.79 Å². The molecule has 0 saturated heterocycles. The third-order valence-corrected chi connectivity index (χ3v) is 12.0. The van der Waals surface area contributed by atoms with Crippen LogP contribution >= 0.6 is 0 Å². The van der Waals surface area contributed by atoms with Gasteiger partial charge in [-0.3, -0.25) is 28.8 Å². The quantitative estimate of drug-likeness (QED) is 0.0555. The van der Waals surface area contributed by atoms with Crippen molar-refractivity contribution in [3.8, 4) is 0 Å². The molecule has 2 rings (SSSR count). The summed E-state index contributed by atoms with van der Waals surface area (Å²) in [5.41, 5.74) is 6.00. The number of unbranched alkanes of at least 4 members (excludes halogenated alkanes) is 1. The van der Waals surface area contributed by atoms with Crippen molar-refractivity contribution in [3.05, 3.63) is 47.5 Å². The minimum absolute atomic E-state index is 0.0355. The number of hydrogen-bond acceptors (Lipinski definition) is 8. The second-order valence-corrected chi connectivity index (χ2v) is 18.4. The van der Waals surface area contributed by atoms with Crippen molar-refractivity contribution >= 4 is 41.0 Å². The number of nitrogens with two attached hydrogens (primary N) is 1. The minimum atomic E-state index is -0.732. The van der Waals surface area contributed by atoms with Crippen LogP contribution in [0, 0.1) is 34.5 Å². The van der Waals surface area contributed by atoms with Crippen LogP contribution in [0.15, 0.2) is 36.4 Å². The van der Waals surface area contributed by atoms with Crippen LogP contribution in [0.3, 0.4) is 0 Å². The number of urea groups is 1. The molecule has 3 amide bonds. The highest BCUT2D eigenvalue weighted by molar-refractivity contribution is 6.02. The van der Waals surface area contributed by atoms with Gasteiger partial charge in [-0.05, 0) is 98.8 Å². The fraction of sp³-hybridized carbons (Fsp3) is 0.688. The van der Waals surface area contributed by atoms with Crippen molar-refractivity contribution < 1.29 is 38.3 Å². The van der Waals surface area contributed by atoms with Crippen molar-refractivity contribution in [3.63, 3.8) is 0 Å². The number of allylic oxidation sites excluding steroid dienone is 2. The molecule has 0 bridgehead atoms. The molecule has 0 fully saturated rings. The normalized spacial score (nSPS) is 16.3. The topological polar surface area (TPSA) is 179 Å². The average molecular weight is 822 g/mol. The van der Waals surface area contributed by atoms with Gasteiger partial charge in [0.05, 0.1) is 12.0 Å². The van der Waals surface area contributed by atoms with E-state index in [2.05, 4.69) is 24.5 Å². The molecule has 4 N–H and O–H groups in total. The number of Topliss-reactive ketones (excluding diaryl/α,β-unsaturated/α-hetero) is 2. The summed E-state index contributed by atoms with van der Waals surface area (Å²) >= 11 is 0. The van der Waals surface area contributed by atoms with Crippen molar-refractivity contribution in [1.29, 1.82) is 0 Å². The highest BCUT2D eigenvalue weighted by Crippen LogP contribution is 2.43. The van der Waals surface area contributed by atoms with Crippen molar-refractivity contribution in [2.75, 3.05) is 6.54 Å². The Bertz CT molecular complexity index is 1580. The Hall–Kier alpha value is -4.15. The Morgan fingerprint density at radius 2 is 1.51 bits per heavy atom. The lowest BCUT2D eigenvalue weighted by molar-refractivity contribution is -0.150. The largest absolute Gasteiger partial charge is 0.461 e. The van der Waals surface area contributed by atoms with Crippen molar-refractivity contribution in [1.82, 2.24) is 10.6 Å². The van der Waals surface area contributed by atoms with Gasteiger partial charge in [-0.1, -0.05) is 98.9 Å². The highest BCUT2D eigenvalue weighted by atomic mass is 16.5. The SMILES string of the molecule is CCCCC(CCC)C(=O)OCc1ccc(CCCC(=O)[C@H](CCCNC(N)=O)NC(=O)[C@@H](CCCC(=O)C(C)(C)CC(C)(C)C2CCC(=O)C=CC2=O)C(C)C)cc1. The summed E-state index contributed by atoms with van der Waals surface area (Å²) in [6, 6.07) is 6.49. The van der Waals surface area contributed by atoms with E-state index in [4.69, 9.17) is 10.5 Å². The van der Waals surface area contributed by atoms with E-state index in [1.54, 1.807) is 0 Å². The molecule has 0 radical (unpaired) electrons. The molecule has 0 aliphatic heterocycles. The third kappa shape index (κ3) is 18.3. The molecular weight excluding hydrogens is 747 g/mol. The molecule has 0 saturated carbocycles. The van der Waals surface area contributed by atoms with E-state index >= 15 is 0 Å². The maximum atomic E-state index is 13.8. The first-order valence-electron chi connectivity index (χ1n) is 22.2. The molecule has 2 unspecified atom stereocenters. The van der Waals surface area contributed by atoms with Gasteiger partial charge in [0.2, 0.25) is 5.91 Å². The van der Waals surface area contributed by atoms with Gasteiger partial charge in [-0.2, -0.15) is 0 Å². The van der Waals surface area contributed by atoms with E-state index in [0.29, 0.717) is 57.8 Å². The first-order chi connectivity index (χ1) is 27.8. The predicted octanol–water partition coefficient (Wildman–Crippen LogP) is 8.72. The number of nitrogens with one attached hydrogen (secondary N) is 2. The summed E-state index contributed by atoms with van der Waals surface area (Å²) in [6.45, 7) is 16.4. The van der Waals surface area contributed by atoms with E-state index in [0.717, 1.165) is 43.2 Å². The van der Waals surface area contributed by atoms with E-state index in [9.17, 15) is 33.6 Å². The zero-order chi connectivity index (χ0) is 44.2. The Morgan fingerprint density at radius 3 is 2.14 bits per heavy atom. The standard InChI is InChI=1S/C48H75N3O8/c1-9-11-17-36(15-10-2)45(57)59-31-35-24-22-34(23-25-35)16-12-20-42(54)40(19-14-30-50-46(49)58)51-44(56)38(33(3)4)18-13-21-43(55)48(7,8)32-47(5,6)39-28-26-37(52)27-29-41(39)53/h22-25,27,29,33,36,38-40H,9-21,26,28,30-32H2,1-8H3,(H,51,56)(H3,49,50,58)/t36?,38-,39?,40-/m0/s1. The maximum Gasteiger partial charge on any atom is 0.312 e. The van der Waals surface area contributed by atoms with Gasteiger partial charge >= 0.3 is 12.0 Å². The summed E-state index contributed by atoms with van der Waals surface area (Å²) in [5.74, 6) is -1.37. The lowest BCUT2D eigenvalue weighted by Gasteiger charge is -2.38. The Morgan fingerprint density at radius 1 is 0.831 bits per heavy atom. The molecule has 0 spiro atoms. The predicted molar refractivity (Wildman–Crippen MR) is 232 cm³/mol. The van der Waals surface area contributed by atoms with Crippen LogP contribution in [-0.2, 0) is 46.5 Å². The van der Waals surface area contributed by atoms with Crippen molar-refractivity contribution in [2.45, 2.75) is 171 Å². The molecule has 59 heavy (non-hydrogen) atoms. The highest BCUT2D eigenvalue weighted by Gasteiger charge is 2.41. The number of hydrogen-bond donors (Lipinski definition) is 3. The van der Waals surface area contributed by atoms with Crippen LogP contribution in [0.2, 0.25) is 0 Å². The van der Waals surface area contributed by atoms with E-state index in [-0.39, 0.29) is 78.8 Å². The molecular formula is C48H75N3O8. The molecule has 11 heteroatoms. The number of esters is 1. The number of carbonyl (C=O) groups excluding carboxylic acids is 7. The molecule has 4 atom stereocenters. The molecule has 0 heterocycles. The van der Waals surface area contributed by atoms with Gasteiger partial charge in [0, 0.05) is 43.1 Å². The molecule has 11 nitrogen and oxygen atoms in total. The van der Waals surface area contributed by atoms with E-state index in [1.807, 2.05) is 65.8 Å². The number of ketones is 4. The van der Waals surface area contributed by atoms with Crippen LogP contribution in [-0.4, -0.2) is 53.6 Å². The Balaban J connectivity index is 1.98. The molecule has 1 aromatic rings. The molecule has 1 aromatic carbocycles. The fourth-order valence-electron chi connectivity index (χ4n) is 8.53. The number of primary amides is 1.